The Morgan fingerprint density at radius 3 is 2.32 bits per heavy atom. The molecule has 164 valence electrons. The van der Waals surface area contributed by atoms with Crippen molar-refractivity contribution >= 4 is 27.9 Å². The average molecular weight is 443 g/mol. The molecule has 0 aliphatic carbocycles. The van der Waals surface area contributed by atoms with Crippen molar-refractivity contribution in [1.82, 2.24) is 19.9 Å². The summed E-state index contributed by atoms with van der Waals surface area (Å²) in [5.74, 6) is 1.21. The van der Waals surface area contributed by atoms with Gasteiger partial charge in [-0.15, -0.1) is 0 Å². The van der Waals surface area contributed by atoms with Crippen LogP contribution in [0.15, 0.2) is 97.1 Å². The molecule has 0 saturated heterocycles. The number of hydrogen-bond donors (Lipinski definition) is 2. The summed E-state index contributed by atoms with van der Waals surface area (Å²) in [5.41, 5.74) is 7.53. The van der Waals surface area contributed by atoms with Gasteiger partial charge in [-0.1, -0.05) is 78.9 Å². The maximum absolute atomic E-state index is 12.8. The van der Waals surface area contributed by atoms with Crippen LogP contribution in [0, 0.1) is 0 Å². The molecule has 0 spiro atoms. The lowest BCUT2D eigenvalue weighted by molar-refractivity contribution is 0.103. The van der Waals surface area contributed by atoms with Crippen molar-refractivity contribution in [1.29, 1.82) is 0 Å². The molecule has 5 heteroatoms. The number of carbonyl (C=O) groups excluding carboxylic acids is 1. The zero-order valence-electron chi connectivity index (χ0n) is 18.5. The van der Waals surface area contributed by atoms with Gasteiger partial charge in [-0.25, -0.2) is 9.97 Å². The highest BCUT2D eigenvalue weighted by Crippen LogP contribution is 2.29. The quantitative estimate of drug-likeness (QED) is 0.305. The van der Waals surface area contributed by atoms with Gasteiger partial charge in [0.15, 0.2) is 5.82 Å². The van der Waals surface area contributed by atoms with Gasteiger partial charge in [0.2, 0.25) is 5.78 Å². The van der Waals surface area contributed by atoms with E-state index in [9.17, 15) is 4.79 Å². The molecule has 0 atom stereocenters. The smallest absolute Gasteiger partial charge is 0.228 e. The van der Waals surface area contributed by atoms with Crippen LogP contribution < -0.4 is 0 Å². The van der Waals surface area contributed by atoms with Gasteiger partial charge < -0.3 is 9.97 Å². The van der Waals surface area contributed by atoms with E-state index in [0.717, 1.165) is 51.9 Å². The third kappa shape index (κ3) is 3.77. The fraction of sp³-hybridized carbons (Fsp3) is 0.0690. The van der Waals surface area contributed by atoms with Crippen molar-refractivity contribution in [3.8, 4) is 11.1 Å². The molecule has 6 rings (SSSR count). The zero-order valence-corrected chi connectivity index (χ0v) is 18.5. The molecular weight excluding hydrogens is 420 g/mol. The second kappa shape index (κ2) is 8.45. The topological polar surface area (TPSA) is 74.4 Å². The van der Waals surface area contributed by atoms with Crippen molar-refractivity contribution in [2.24, 2.45) is 0 Å². The molecule has 0 amide bonds. The largest absolute Gasteiger partial charge is 0.342 e. The van der Waals surface area contributed by atoms with Gasteiger partial charge in [-0.05, 0) is 35.7 Å². The van der Waals surface area contributed by atoms with Crippen LogP contribution in [0.25, 0.3) is 33.2 Å². The summed E-state index contributed by atoms with van der Waals surface area (Å²) in [4.78, 5) is 29.0. The van der Waals surface area contributed by atoms with Crippen LogP contribution in [0.4, 0.5) is 0 Å². The Bertz CT molecular complexity index is 1610. The summed E-state index contributed by atoms with van der Waals surface area (Å²) in [6.07, 6.45) is 1.79. The standard InChI is InChI=1S/C29H22N4O/c34-28(20-10-5-2-6-11-20)29-31-23-16-15-21(18-25(23)32-29)22-12-7-13-24-27(22)33-26(30-24)17-14-19-8-3-1-4-9-19/h1-13,15-16,18H,14,17H2,(H,30,33)(H,31,32). The zero-order chi connectivity index (χ0) is 22.9. The van der Waals surface area contributed by atoms with E-state index in [-0.39, 0.29) is 5.78 Å². The van der Waals surface area contributed by atoms with E-state index in [1.165, 1.54) is 5.56 Å². The summed E-state index contributed by atoms with van der Waals surface area (Å²) in [5, 5.41) is 0. The van der Waals surface area contributed by atoms with Crippen molar-refractivity contribution < 1.29 is 4.79 Å². The minimum atomic E-state index is -0.115. The fourth-order valence-corrected chi connectivity index (χ4v) is 4.35. The first-order valence-corrected chi connectivity index (χ1v) is 11.4. The number of hydrogen-bond acceptors (Lipinski definition) is 3. The Kier molecular flexibility index (Phi) is 5.00. The summed E-state index contributed by atoms with van der Waals surface area (Å²) >= 11 is 0. The second-order valence-corrected chi connectivity index (χ2v) is 8.38. The Balaban J connectivity index is 1.32. The lowest BCUT2D eigenvalue weighted by Gasteiger charge is -2.02. The van der Waals surface area contributed by atoms with Crippen LogP contribution >= 0.6 is 0 Å². The van der Waals surface area contributed by atoms with Crippen LogP contribution in [0.5, 0.6) is 0 Å². The van der Waals surface area contributed by atoms with E-state index in [4.69, 9.17) is 4.98 Å². The minimum Gasteiger partial charge on any atom is -0.342 e. The van der Waals surface area contributed by atoms with Crippen molar-refractivity contribution in [3.63, 3.8) is 0 Å². The molecule has 4 aromatic carbocycles. The van der Waals surface area contributed by atoms with Crippen LogP contribution in [0.3, 0.4) is 0 Å². The molecule has 0 fully saturated rings. The monoisotopic (exact) mass is 442 g/mol. The van der Waals surface area contributed by atoms with E-state index in [0.29, 0.717) is 11.4 Å². The molecule has 0 bridgehead atoms. The van der Waals surface area contributed by atoms with Gasteiger partial charge in [-0.2, -0.15) is 0 Å². The molecule has 2 aromatic heterocycles. The van der Waals surface area contributed by atoms with Crippen LogP contribution in [0.2, 0.25) is 0 Å². The van der Waals surface area contributed by atoms with Gasteiger partial charge >= 0.3 is 0 Å². The lowest BCUT2D eigenvalue weighted by atomic mass is 10.0. The molecular formula is C29H22N4O. The minimum absolute atomic E-state index is 0.115. The first-order chi connectivity index (χ1) is 16.7. The number of nitrogens with zero attached hydrogens (tertiary/aromatic N) is 2. The molecule has 0 aliphatic heterocycles. The van der Waals surface area contributed by atoms with Gasteiger partial charge in [0.1, 0.15) is 5.82 Å². The number of imidazole rings is 2. The molecule has 0 aliphatic rings. The second-order valence-electron chi connectivity index (χ2n) is 8.38. The first-order valence-electron chi connectivity index (χ1n) is 11.4. The number of benzene rings is 4. The third-order valence-electron chi connectivity index (χ3n) is 6.10. The van der Waals surface area contributed by atoms with Gasteiger partial charge in [0.25, 0.3) is 0 Å². The molecule has 6 aromatic rings. The number of aryl methyl sites for hydroxylation is 2. The van der Waals surface area contributed by atoms with E-state index in [1.807, 2.05) is 48.5 Å². The number of carbonyl (C=O) groups is 1. The van der Waals surface area contributed by atoms with Crippen LogP contribution in [-0.4, -0.2) is 25.7 Å². The normalized spacial score (nSPS) is 11.3. The van der Waals surface area contributed by atoms with Crippen molar-refractivity contribution in [2.45, 2.75) is 12.8 Å². The molecule has 34 heavy (non-hydrogen) atoms. The summed E-state index contributed by atoms with van der Waals surface area (Å²) in [6, 6.07) is 31.9. The molecule has 2 N–H and O–H groups in total. The van der Waals surface area contributed by atoms with Crippen LogP contribution in [0.1, 0.15) is 27.6 Å². The Morgan fingerprint density at radius 2 is 1.50 bits per heavy atom. The van der Waals surface area contributed by atoms with Crippen LogP contribution in [-0.2, 0) is 12.8 Å². The maximum Gasteiger partial charge on any atom is 0.228 e. The fourth-order valence-electron chi connectivity index (χ4n) is 4.35. The van der Waals surface area contributed by atoms with E-state index < -0.39 is 0 Å². The highest BCUT2D eigenvalue weighted by Gasteiger charge is 2.15. The van der Waals surface area contributed by atoms with Crippen molar-refractivity contribution in [3.05, 3.63) is 120 Å². The highest BCUT2D eigenvalue weighted by molar-refractivity contribution is 6.08. The van der Waals surface area contributed by atoms with E-state index in [1.54, 1.807) is 12.1 Å². The lowest BCUT2D eigenvalue weighted by Crippen LogP contribution is -2.02. The van der Waals surface area contributed by atoms with Gasteiger partial charge in [0, 0.05) is 17.5 Å². The number of rotatable bonds is 6. The highest BCUT2D eigenvalue weighted by atomic mass is 16.1. The van der Waals surface area contributed by atoms with Gasteiger partial charge in [0.05, 0.1) is 22.1 Å². The molecule has 0 radical (unpaired) electrons. The first kappa shape index (κ1) is 20.1. The predicted octanol–water partition coefficient (Wildman–Crippen LogP) is 6.12. The summed E-state index contributed by atoms with van der Waals surface area (Å²) in [7, 11) is 0. The number of H-pyrrole nitrogens is 2. The number of nitrogens with one attached hydrogen (secondary N) is 2. The molecule has 0 saturated carbocycles. The predicted molar refractivity (Wildman–Crippen MR) is 135 cm³/mol. The number of aromatic nitrogens is 4. The molecule has 0 unspecified atom stereocenters. The van der Waals surface area contributed by atoms with E-state index >= 15 is 0 Å². The van der Waals surface area contributed by atoms with Crippen molar-refractivity contribution in [2.75, 3.05) is 0 Å². The third-order valence-corrected chi connectivity index (χ3v) is 6.10. The number of fused-ring (bicyclic) bond motifs is 2. The summed E-state index contributed by atoms with van der Waals surface area (Å²) in [6.45, 7) is 0. The number of aromatic amines is 2. The maximum atomic E-state index is 12.8. The molecule has 2 heterocycles. The van der Waals surface area contributed by atoms with E-state index in [2.05, 4.69) is 51.4 Å². The number of ketones is 1. The molecule has 5 nitrogen and oxygen atoms in total. The Morgan fingerprint density at radius 1 is 0.706 bits per heavy atom. The summed E-state index contributed by atoms with van der Waals surface area (Å²) < 4.78 is 0. The van der Waals surface area contributed by atoms with Gasteiger partial charge in [-0.3, -0.25) is 4.79 Å². The Labute approximate surface area is 196 Å². The Hall–Kier alpha value is -4.51. The average Bonchev–Trinajstić information content (AvgIpc) is 3.51. The SMILES string of the molecule is O=C(c1ccccc1)c1nc2cc(-c3cccc4[nH]c(CCc5ccccc5)nc34)ccc2[nH]1. The number of para-hydroxylation sites is 1.